The summed E-state index contributed by atoms with van der Waals surface area (Å²) in [7, 11) is 0. The van der Waals surface area contributed by atoms with Crippen LogP contribution in [0.2, 0.25) is 0 Å². The van der Waals surface area contributed by atoms with E-state index in [1.807, 2.05) is 0 Å². The molecule has 1 aromatic carbocycles. The van der Waals surface area contributed by atoms with Crippen LogP contribution in [-0.4, -0.2) is 22.9 Å². The first-order valence-corrected chi connectivity index (χ1v) is 6.81. The van der Waals surface area contributed by atoms with Gasteiger partial charge in [0.1, 0.15) is 0 Å². The lowest BCUT2D eigenvalue weighted by Gasteiger charge is -2.19. The van der Waals surface area contributed by atoms with Gasteiger partial charge in [-0.25, -0.2) is 9.69 Å². The summed E-state index contributed by atoms with van der Waals surface area (Å²) >= 11 is 0. The van der Waals surface area contributed by atoms with Crippen molar-refractivity contribution in [3.63, 3.8) is 0 Å². The van der Waals surface area contributed by atoms with Crippen LogP contribution in [0.1, 0.15) is 36.0 Å². The highest BCUT2D eigenvalue weighted by Crippen LogP contribution is 2.40. The number of aromatic carboxylic acids is 1. The van der Waals surface area contributed by atoms with E-state index >= 15 is 0 Å². The molecule has 5 heteroatoms. The van der Waals surface area contributed by atoms with Crippen LogP contribution >= 0.6 is 0 Å². The van der Waals surface area contributed by atoms with Gasteiger partial charge >= 0.3 is 5.97 Å². The van der Waals surface area contributed by atoms with E-state index in [2.05, 4.69) is 0 Å². The number of hydrogen-bond acceptors (Lipinski definition) is 3. The molecule has 5 nitrogen and oxygen atoms in total. The molecule has 2 atom stereocenters. The zero-order chi connectivity index (χ0) is 14.3. The zero-order valence-corrected chi connectivity index (χ0v) is 10.9. The largest absolute Gasteiger partial charge is 0.478 e. The Balaban J connectivity index is 2.04. The van der Waals surface area contributed by atoms with E-state index in [-0.39, 0.29) is 34.9 Å². The Morgan fingerprint density at radius 3 is 2.15 bits per heavy atom. The normalized spacial score (nSPS) is 25.7. The maximum atomic E-state index is 12.4. The van der Waals surface area contributed by atoms with Crippen molar-refractivity contribution in [2.24, 2.45) is 11.8 Å². The van der Waals surface area contributed by atoms with Crippen LogP contribution in [0.3, 0.4) is 0 Å². The molecule has 3 rings (SSSR count). The number of benzene rings is 1. The molecule has 2 aliphatic rings. The lowest BCUT2D eigenvalue weighted by molar-refractivity contribution is -0.122. The fourth-order valence-electron chi connectivity index (χ4n) is 3.25. The Morgan fingerprint density at radius 2 is 1.60 bits per heavy atom. The summed E-state index contributed by atoms with van der Waals surface area (Å²) in [5.74, 6) is -2.14. The highest BCUT2D eigenvalue weighted by atomic mass is 16.4. The highest BCUT2D eigenvalue weighted by Gasteiger charge is 2.49. The molecule has 104 valence electrons. The summed E-state index contributed by atoms with van der Waals surface area (Å²) in [4.78, 5) is 37.2. The summed E-state index contributed by atoms with van der Waals surface area (Å²) in [6.45, 7) is 0. The van der Waals surface area contributed by atoms with Gasteiger partial charge in [-0.15, -0.1) is 0 Å². The zero-order valence-electron chi connectivity index (χ0n) is 10.9. The number of nitrogens with zero attached hydrogens (tertiary/aromatic N) is 1. The minimum atomic E-state index is -1.13. The number of carboxylic acids is 1. The van der Waals surface area contributed by atoms with Crippen LogP contribution < -0.4 is 4.90 Å². The van der Waals surface area contributed by atoms with E-state index in [4.69, 9.17) is 0 Å². The number of carbonyl (C=O) groups is 3. The van der Waals surface area contributed by atoms with Crippen molar-refractivity contribution in [1.29, 1.82) is 0 Å². The van der Waals surface area contributed by atoms with Crippen LogP contribution in [0.25, 0.3) is 0 Å². The third-order valence-electron chi connectivity index (χ3n) is 4.22. The van der Waals surface area contributed by atoms with Gasteiger partial charge in [0, 0.05) is 0 Å². The first-order chi connectivity index (χ1) is 9.61. The van der Waals surface area contributed by atoms with Crippen LogP contribution in [0.4, 0.5) is 5.69 Å². The van der Waals surface area contributed by atoms with Crippen molar-refractivity contribution in [2.45, 2.75) is 25.7 Å². The van der Waals surface area contributed by atoms with Gasteiger partial charge in [-0.3, -0.25) is 9.59 Å². The average molecular weight is 273 g/mol. The van der Waals surface area contributed by atoms with E-state index in [1.54, 1.807) is 12.1 Å². The van der Waals surface area contributed by atoms with Crippen LogP contribution in [0.15, 0.2) is 24.3 Å². The standard InChI is InChI=1S/C15H15NO4/c17-13-9-5-1-2-6-10(9)14(18)16(13)12-8-4-3-7-11(12)15(19)20/h3-4,7-10H,1-2,5-6H2,(H,19,20)/t9-,10+. The van der Waals surface area contributed by atoms with Gasteiger partial charge < -0.3 is 5.11 Å². The van der Waals surface area contributed by atoms with E-state index < -0.39 is 5.97 Å². The van der Waals surface area contributed by atoms with E-state index in [0.717, 1.165) is 30.6 Å². The van der Waals surface area contributed by atoms with Gasteiger partial charge in [-0.05, 0) is 25.0 Å². The summed E-state index contributed by atoms with van der Waals surface area (Å²) in [5, 5.41) is 9.21. The average Bonchev–Trinajstić information content (AvgIpc) is 2.71. The number of anilines is 1. The van der Waals surface area contributed by atoms with Gasteiger partial charge in [-0.2, -0.15) is 0 Å². The summed E-state index contributed by atoms with van der Waals surface area (Å²) in [6.07, 6.45) is 3.35. The third-order valence-corrected chi connectivity index (χ3v) is 4.22. The summed E-state index contributed by atoms with van der Waals surface area (Å²) in [5.41, 5.74) is 0.192. The molecule has 20 heavy (non-hydrogen) atoms. The number of fused-ring (bicyclic) bond motifs is 1. The Kier molecular flexibility index (Phi) is 3.04. The molecule has 0 unspecified atom stereocenters. The first-order valence-electron chi connectivity index (χ1n) is 6.81. The molecule has 0 spiro atoms. The highest BCUT2D eigenvalue weighted by molar-refractivity contribution is 6.23. The molecule has 0 bridgehead atoms. The molecule has 1 saturated heterocycles. The lowest BCUT2D eigenvalue weighted by atomic mass is 9.81. The Morgan fingerprint density at radius 1 is 1.05 bits per heavy atom. The lowest BCUT2D eigenvalue weighted by Crippen LogP contribution is -2.32. The van der Waals surface area contributed by atoms with Crippen molar-refractivity contribution in [3.8, 4) is 0 Å². The third kappa shape index (κ3) is 1.81. The first kappa shape index (κ1) is 12.8. The molecule has 1 heterocycles. The van der Waals surface area contributed by atoms with E-state index in [9.17, 15) is 19.5 Å². The van der Waals surface area contributed by atoms with E-state index in [0.29, 0.717) is 0 Å². The molecule has 1 aromatic rings. The molecule has 1 N–H and O–H groups in total. The number of carbonyl (C=O) groups excluding carboxylic acids is 2. The van der Waals surface area contributed by atoms with Crippen LogP contribution in [0, 0.1) is 11.8 Å². The molecule has 1 aliphatic heterocycles. The van der Waals surface area contributed by atoms with Gasteiger partial charge in [0.25, 0.3) is 0 Å². The Hall–Kier alpha value is -2.17. The quantitative estimate of drug-likeness (QED) is 0.837. The number of para-hydroxylation sites is 1. The minimum absolute atomic E-state index is 0.00662. The predicted octanol–water partition coefficient (Wildman–Crippen LogP) is 2.06. The number of carboxylic acid groups (broad SMARTS) is 1. The van der Waals surface area contributed by atoms with Crippen molar-refractivity contribution in [1.82, 2.24) is 0 Å². The molecular weight excluding hydrogens is 258 g/mol. The molecule has 1 saturated carbocycles. The van der Waals surface area contributed by atoms with Gasteiger partial charge in [0.15, 0.2) is 0 Å². The van der Waals surface area contributed by atoms with Crippen LogP contribution in [0.5, 0.6) is 0 Å². The number of hydrogen-bond donors (Lipinski definition) is 1. The van der Waals surface area contributed by atoms with E-state index in [1.165, 1.54) is 12.1 Å². The molecule has 0 aromatic heterocycles. The number of imide groups is 1. The van der Waals surface area contributed by atoms with Crippen molar-refractivity contribution in [3.05, 3.63) is 29.8 Å². The second kappa shape index (κ2) is 4.74. The molecular formula is C15H15NO4. The second-order valence-electron chi connectivity index (χ2n) is 5.33. The van der Waals surface area contributed by atoms with Gasteiger partial charge in [0.05, 0.1) is 23.1 Å². The maximum Gasteiger partial charge on any atom is 0.337 e. The monoisotopic (exact) mass is 273 g/mol. The van der Waals surface area contributed by atoms with Gasteiger partial charge in [-0.1, -0.05) is 25.0 Å². The molecule has 1 aliphatic carbocycles. The van der Waals surface area contributed by atoms with Crippen molar-refractivity contribution >= 4 is 23.5 Å². The van der Waals surface area contributed by atoms with Gasteiger partial charge in [0.2, 0.25) is 11.8 Å². The fourth-order valence-corrected chi connectivity index (χ4v) is 3.25. The summed E-state index contributed by atoms with van der Waals surface area (Å²) in [6, 6.07) is 6.17. The molecule has 2 fully saturated rings. The smallest absolute Gasteiger partial charge is 0.337 e. The minimum Gasteiger partial charge on any atom is -0.478 e. The van der Waals surface area contributed by atoms with Crippen molar-refractivity contribution in [2.75, 3.05) is 4.90 Å². The van der Waals surface area contributed by atoms with Crippen LogP contribution in [-0.2, 0) is 9.59 Å². The fraction of sp³-hybridized carbons (Fsp3) is 0.400. The Bertz CT molecular complexity index is 571. The summed E-state index contributed by atoms with van der Waals surface area (Å²) < 4.78 is 0. The number of amides is 2. The second-order valence-corrected chi connectivity index (χ2v) is 5.33. The predicted molar refractivity (Wildman–Crippen MR) is 71.3 cm³/mol. The molecule has 0 radical (unpaired) electrons. The van der Waals surface area contributed by atoms with Crippen molar-refractivity contribution < 1.29 is 19.5 Å². The molecule has 2 amide bonds. The number of rotatable bonds is 2. The topological polar surface area (TPSA) is 74.7 Å². The SMILES string of the molecule is O=C(O)c1ccccc1N1C(=O)[C@H]2CCCC[C@H]2C1=O. The Labute approximate surface area is 116 Å². The maximum absolute atomic E-state index is 12.4.